The Hall–Kier alpha value is -1.59. The van der Waals surface area contributed by atoms with E-state index in [2.05, 4.69) is 21.9 Å². The molecule has 0 aliphatic carbocycles. The summed E-state index contributed by atoms with van der Waals surface area (Å²) in [6, 6.07) is 7.67. The topological polar surface area (TPSA) is 61.8 Å². The van der Waals surface area contributed by atoms with E-state index in [1.165, 1.54) is 7.11 Å². The first-order chi connectivity index (χ1) is 9.17. The Morgan fingerprint density at radius 2 is 2.11 bits per heavy atom. The molecule has 1 fully saturated rings. The first kappa shape index (κ1) is 13.8. The molecule has 2 atom stereocenters. The molecule has 0 radical (unpaired) electrons. The SMILES string of the molecule is COC(=O)c1ccc(N2C(C)CNCC2CO)cc1. The molecule has 1 heterocycles. The number of ether oxygens (including phenoxy) is 1. The predicted molar refractivity (Wildman–Crippen MR) is 73.5 cm³/mol. The van der Waals surface area contributed by atoms with Gasteiger partial charge in [0.2, 0.25) is 0 Å². The van der Waals surface area contributed by atoms with Crippen LogP contribution in [0.5, 0.6) is 0 Å². The lowest BCUT2D eigenvalue weighted by atomic mass is 10.1. The molecule has 2 rings (SSSR count). The molecule has 1 aliphatic rings. The fraction of sp³-hybridized carbons (Fsp3) is 0.500. The number of piperazine rings is 1. The average Bonchev–Trinajstić information content (AvgIpc) is 2.46. The number of rotatable bonds is 3. The van der Waals surface area contributed by atoms with Gasteiger partial charge < -0.3 is 20.1 Å². The number of nitrogens with zero attached hydrogens (tertiary/aromatic N) is 1. The van der Waals surface area contributed by atoms with Crippen LogP contribution in [0.1, 0.15) is 17.3 Å². The minimum atomic E-state index is -0.335. The van der Waals surface area contributed by atoms with Gasteiger partial charge in [-0.15, -0.1) is 0 Å². The Bertz CT molecular complexity index is 433. The maximum atomic E-state index is 11.4. The van der Waals surface area contributed by atoms with Crippen LogP contribution in [0.15, 0.2) is 24.3 Å². The van der Waals surface area contributed by atoms with Crippen LogP contribution in [-0.2, 0) is 4.74 Å². The second-order valence-corrected chi connectivity index (χ2v) is 4.79. The standard InChI is InChI=1S/C14H20N2O3/c1-10-7-15-8-13(9-17)16(10)12-5-3-11(4-6-12)14(18)19-2/h3-6,10,13,15,17H,7-9H2,1-2H3. The van der Waals surface area contributed by atoms with E-state index >= 15 is 0 Å². The fourth-order valence-corrected chi connectivity index (χ4v) is 2.52. The van der Waals surface area contributed by atoms with Gasteiger partial charge in [-0.3, -0.25) is 0 Å². The van der Waals surface area contributed by atoms with Crippen LogP contribution in [0.3, 0.4) is 0 Å². The van der Waals surface area contributed by atoms with E-state index in [4.69, 9.17) is 0 Å². The maximum Gasteiger partial charge on any atom is 0.337 e. The molecule has 1 saturated heterocycles. The van der Waals surface area contributed by atoms with Gasteiger partial charge in [0.25, 0.3) is 0 Å². The summed E-state index contributed by atoms with van der Waals surface area (Å²) in [5.74, 6) is -0.335. The van der Waals surface area contributed by atoms with Crippen molar-refractivity contribution in [2.45, 2.75) is 19.0 Å². The van der Waals surface area contributed by atoms with Crippen molar-refractivity contribution < 1.29 is 14.6 Å². The van der Waals surface area contributed by atoms with E-state index in [9.17, 15) is 9.90 Å². The number of hydrogen-bond donors (Lipinski definition) is 2. The minimum Gasteiger partial charge on any atom is -0.465 e. The summed E-state index contributed by atoms with van der Waals surface area (Å²) < 4.78 is 4.68. The molecule has 1 aromatic carbocycles. The van der Waals surface area contributed by atoms with Crippen LogP contribution in [-0.4, -0.2) is 50.0 Å². The zero-order valence-corrected chi connectivity index (χ0v) is 11.3. The number of carbonyl (C=O) groups is 1. The van der Waals surface area contributed by atoms with Crippen molar-refractivity contribution in [2.75, 3.05) is 31.7 Å². The van der Waals surface area contributed by atoms with Gasteiger partial charge in [-0.05, 0) is 31.2 Å². The lowest BCUT2D eigenvalue weighted by Crippen LogP contribution is -2.58. The molecular weight excluding hydrogens is 244 g/mol. The van der Waals surface area contributed by atoms with Gasteiger partial charge >= 0.3 is 5.97 Å². The first-order valence-electron chi connectivity index (χ1n) is 6.45. The van der Waals surface area contributed by atoms with E-state index in [0.717, 1.165) is 18.8 Å². The smallest absolute Gasteiger partial charge is 0.337 e. The summed E-state index contributed by atoms with van der Waals surface area (Å²) in [4.78, 5) is 13.6. The zero-order valence-electron chi connectivity index (χ0n) is 11.3. The molecular formula is C14H20N2O3. The summed E-state index contributed by atoms with van der Waals surface area (Å²) in [7, 11) is 1.37. The molecule has 5 heteroatoms. The van der Waals surface area contributed by atoms with Crippen LogP contribution >= 0.6 is 0 Å². The van der Waals surface area contributed by atoms with Gasteiger partial charge in [-0.25, -0.2) is 4.79 Å². The molecule has 0 bridgehead atoms. The van der Waals surface area contributed by atoms with Crippen molar-refractivity contribution in [2.24, 2.45) is 0 Å². The summed E-state index contributed by atoms with van der Waals surface area (Å²) >= 11 is 0. The quantitative estimate of drug-likeness (QED) is 0.784. The summed E-state index contributed by atoms with van der Waals surface area (Å²) in [6.07, 6.45) is 0. The Morgan fingerprint density at radius 1 is 1.42 bits per heavy atom. The van der Waals surface area contributed by atoms with Crippen LogP contribution in [0.25, 0.3) is 0 Å². The summed E-state index contributed by atoms with van der Waals surface area (Å²) in [5, 5.41) is 12.8. The molecule has 1 aliphatic heterocycles. The fourth-order valence-electron chi connectivity index (χ4n) is 2.52. The van der Waals surface area contributed by atoms with Crippen LogP contribution < -0.4 is 10.2 Å². The highest BCUT2D eigenvalue weighted by atomic mass is 16.5. The zero-order chi connectivity index (χ0) is 13.8. The molecule has 1 aromatic rings. The summed E-state index contributed by atoms with van der Waals surface area (Å²) in [5.41, 5.74) is 1.55. The van der Waals surface area contributed by atoms with Crippen LogP contribution in [0.4, 0.5) is 5.69 Å². The van der Waals surface area contributed by atoms with E-state index in [1.54, 1.807) is 12.1 Å². The Balaban J connectivity index is 2.22. The van der Waals surface area contributed by atoms with Gasteiger partial charge in [-0.2, -0.15) is 0 Å². The largest absolute Gasteiger partial charge is 0.465 e. The molecule has 0 saturated carbocycles. The van der Waals surface area contributed by atoms with Crippen LogP contribution in [0.2, 0.25) is 0 Å². The van der Waals surface area contributed by atoms with E-state index in [1.807, 2.05) is 12.1 Å². The molecule has 5 nitrogen and oxygen atoms in total. The van der Waals surface area contributed by atoms with Crippen molar-refractivity contribution in [1.29, 1.82) is 0 Å². The van der Waals surface area contributed by atoms with E-state index < -0.39 is 0 Å². The molecule has 104 valence electrons. The highest BCUT2D eigenvalue weighted by molar-refractivity contribution is 5.89. The summed E-state index contributed by atoms with van der Waals surface area (Å²) in [6.45, 7) is 3.87. The minimum absolute atomic E-state index is 0.0627. The third kappa shape index (κ3) is 2.88. The van der Waals surface area contributed by atoms with Crippen molar-refractivity contribution in [3.05, 3.63) is 29.8 Å². The number of methoxy groups -OCH3 is 1. The molecule has 19 heavy (non-hydrogen) atoms. The van der Waals surface area contributed by atoms with E-state index in [-0.39, 0.29) is 18.6 Å². The van der Waals surface area contributed by atoms with Gasteiger partial charge in [0.1, 0.15) is 0 Å². The van der Waals surface area contributed by atoms with Crippen molar-refractivity contribution >= 4 is 11.7 Å². The molecule has 2 unspecified atom stereocenters. The number of carbonyl (C=O) groups excluding carboxylic acids is 1. The number of anilines is 1. The van der Waals surface area contributed by atoms with E-state index in [0.29, 0.717) is 11.6 Å². The van der Waals surface area contributed by atoms with Gasteiger partial charge in [0.05, 0.1) is 25.3 Å². The number of hydrogen-bond acceptors (Lipinski definition) is 5. The lowest BCUT2D eigenvalue weighted by Gasteiger charge is -2.42. The second kappa shape index (κ2) is 6.04. The first-order valence-corrected chi connectivity index (χ1v) is 6.45. The molecule has 0 aromatic heterocycles. The molecule has 2 N–H and O–H groups in total. The number of aliphatic hydroxyl groups excluding tert-OH is 1. The Morgan fingerprint density at radius 3 is 2.68 bits per heavy atom. The number of esters is 1. The Labute approximate surface area is 113 Å². The highest BCUT2D eigenvalue weighted by Crippen LogP contribution is 2.22. The van der Waals surface area contributed by atoms with Crippen molar-refractivity contribution in [3.63, 3.8) is 0 Å². The average molecular weight is 264 g/mol. The Kier molecular flexibility index (Phi) is 4.39. The maximum absolute atomic E-state index is 11.4. The van der Waals surface area contributed by atoms with Gasteiger partial charge in [0.15, 0.2) is 0 Å². The number of benzene rings is 1. The second-order valence-electron chi connectivity index (χ2n) is 4.79. The predicted octanol–water partition coefficient (Wildman–Crippen LogP) is 0.632. The third-order valence-corrected chi connectivity index (χ3v) is 3.49. The van der Waals surface area contributed by atoms with Crippen LogP contribution in [0, 0.1) is 0 Å². The van der Waals surface area contributed by atoms with Crippen molar-refractivity contribution in [1.82, 2.24) is 5.32 Å². The molecule has 0 amide bonds. The lowest BCUT2D eigenvalue weighted by molar-refractivity contribution is 0.0600. The number of nitrogens with one attached hydrogen (secondary N) is 1. The highest BCUT2D eigenvalue weighted by Gasteiger charge is 2.27. The number of aliphatic hydroxyl groups is 1. The van der Waals surface area contributed by atoms with Crippen molar-refractivity contribution in [3.8, 4) is 0 Å². The normalized spacial score (nSPS) is 23.2. The monoisotopic (exact) mass is 264 g/mol. The van der Waals surface area contributed by atoms with Gasteiger partial charge in [-0.1, -0.05) is 0 Å². The molecule has 0 spiro atoms. The third-order valence-electron chi connectivity index (χ3n) is 3.49. The van der Waals surface area contributed by atoms with Gasteiger partial charge in [0, 0.05) is 24.8 Å².